The Morgan fingerprint density at radius 2 is 2.27 bits per heavy atom. The molecule has 2 N–H and O–H groups in total. The summed E-state index contributed by atoms with van der Waals surface area (Å²) in [5, 5.41) is 2.34. The highest BCUT2D eigenvalue weighted by Gasteiger charge is 1.97. The second-order valence-electron chi connectivity index (χ2n) is 2.22. The van der Waals surface area contributed by atoms with Gasteiger partial charge in [-0.3, -0.25) is 0 Å². The van der Waals surface area contributed by atoms with Crippen molar-refractivity contribution in [2.24, 2.45) is 0 Å². The minimum atomic E-state index is 0.683. The van der Waals surface area contributed by atoms with Crippen LogP contribution in [0.5, 0.6) is 0 Å². The van der Waals surface area contributed by atoms with Crippen molar-refractivity contribution in [2.75, 3.05) is 5.73 Å². The van der Waals surface area contributed by atoms with E-state index in [0.717, 1.165) is 5.56 Å². The number of hydrogen-bond acceptors (Lipinski definition) is 2. The van der Waals surface area contributed by atoms with Crippen molar-refractivity contribution in [3.8, 4) is 0 Å². The quantitative estimate of drug-likeness (QED) is 0.566. The third kappa shape index (κ3) is 2.17. The van der Waals surface area contributed by atoms with E-state index in [-0.39, 0.29) is 0 Å². The Morgan fingerprint density at radius 1 is 1.55 bits per heavy atom. The Hall–Kier alpha value is -0.600. The summed E-state index contributed by atoms with van der Waals surface area (Å²) in [6.07, 6.45) is 0.717. The summed E-state index contributed by atoms with van der Waals surface area (Å²) in [7, 11) is 0. The van der Waals surface area contributed by atoms with Crippen molar-refractivity contribution < 1.29 is 0 Å². The molecule has 0 atom stereocenters. The maximum Gasteiger partial charge on any atom is 0.0461 e. The Labute approximate surface area is 76.2 Å². The molecule has 58 valence electrons. The van der Waals surface area contributed by atoms with Crippen LogP contribution in [0.25, 0.3) is 0 Å². The molecule has 0 amide bonds. The van der Waals surface area contributed by atoms with Gasteiger partial charge in [0.2, 0.25) is 0 Å². The fraction of sp³-hybridized carbons (Fsp3) is 0.125. The van der Waals surface area contributed by atoms with Gasteiger partial charge in [-0.25, -0.2) is 0 Å². The molecular weight excluding hydrogens is 178 g/mol. The van der Waals surface area contributed by atoms with Gasteiger partial charge in [0.05, 0.1) is 0 Å². The maximum absolute atomic E-state index is 5.86. The minimum absolute atomic E-state index is 0.683. The van der Waals surface area contributed by atoms with E-state index >= 15 is 0 Å². The number of nitrogen functional groups attached to an aromatic ring is 1. The first kappa shape index (κ1) is 8.50. The molecule has 0 saturated heterocycles. The van der Waals surface area contributed by atoms with Gasteiger partial charge >= 0.3 is 0 Å². The monoisotopic (exact) mass is 185 g/mol. The normalized spacial score (nSPS) is 9.55. The zero-order valence-corrected chi connectivity index (χ0v) is 7.45. The van der Waals surface area contributed by atoms with E-state index in [1.165, 1.54) is 0 Å². The fourth-order valence-corrected chi connectivity index (χ4v) is 1.26. The Bertz CT molecular complexity index is 273. The second kappa shape index (κ2) is 3.69. The third-order valence-electron chi connectivity index (χ3n) is 1.38. The molecule has 0 fully saturated rings. The maximum atomic E-state index is 5.86. The predicted molar refractivity (Wildman–Crippen MR) is 53.2 cm³/mol. The molecule has 1 aromatic rings. The summed E-state index contributed by atoms with van der Waals surface area (Å²) in [5.74, 6) is 0. The van der Waals surface area contributed by atoms with Gasteiger partial charge in [-0.2, -0.15) is 0 Å². The topological polar surface area (TPSA) is 26.0 Å². The van der Waals surface area contributed by atoms with E-state index in [9.17, 15) is 0 Å². The van der Waals surface area contributed by atoms with Gasteiger partial charge in [-0.05, 0) is 23.1 Å². The lowest BCUT2D eigenvalue weighted by Gasteiger charge is -2.00. The zero-order chi connectivity index (χ0) is 8.27. The number of thiocarbonyl (C=S) groups is 1. The van der Waals surface area contributed by atoms with Crippen LogP contribution in [0.15, 0.2) is 18.2 Å². The molecule has 0 aromatic heterocycles. The number of nitrogens with two attached hydrogens (primary N) is 1. The van der Waals surface area contributed by atoms with Gasteiger partial charge in [0.25, 0.3) is 0 Å². The number of anilines is 1. The first-order valence-corrected chi connectivity index (χ1v) is 4.06. The largest absolute Gasteiger partial charge is 0.399 e. The highest BCUT2D eigenvalue weighted by molar-refractivity contribution is 7.78. The molecule has 0 saturated carbocycles. The summed E-state index contributed by atoms with van der Waals surface area (Å²) in [4.78, 5) is 0. The van der Waals surface area contributed by atoms with Gasteiger partial charge in [0.1, 0.15) is 0 Å². The van der Waals surface area contributed by atoms with Crippen LogP contribution in [-0.2, 0) is 6.42 Å². The van der Waals surface area contributed by atoms with Crippen LogP contribution < -0.4 is 5.73 Å². The lowest BCUT2D eigenvalue weighted by molar-refractivity contribution is 1.38. The third-order valence-corrected chi connectivity index (χ3v) is 1.90. The second-order valence-corrected chi connectivity index (χ2v) is 2.96. The average Bonchev–Trinajstić information content (AvgIpc) is 1.95. The van der Waals surface area contributed by atoms with Gasteiger partial charge in [-0.1, -0.05) is 29.9 Å². The lowest BCUT2D eigenvalue weighted by atomic mass is 10.1. The summed E-state index contributed by atoms with van der Waals surface area (Å²) >= 11 is 10.6. The van der Waals surface area contributed by atoms with Crippen LogP contribution >= 0.6 is 23.8 Å². The first-order valence-electron chi connectivity index (χ1n) is 3.21. The molecule has 1 aromatic carbocycles. The highest BCUT2D eigenvalue weighted by Crippen LogP contribution is 2.18. The van der Waals surface area contributed by atoms with E-state index < -0.39 is 0 Å². The number of benzene rings is 1. The summed E-state index contributed by atoms with van der Waals surface area (Å²) in [5.41, 5.74) is 7.21. The minimum Gasteiger partial charge on any atom is -0.399 e. The fourth-order valence-electron chi connectivity index (χ4n) is 0.819. The molecular formula is C8H8ClNS. The Kier molecular flexibility index (Phi) is 2.85. The van der Waals surface area contributed by atoms with Crippen LogP contribution in [-0.4, -0.2) is 5.37 Å². The van der Waals surface area contributed by atoms with Crippen molar-refractivity contribution in [3.05, 3.63) is 28.8 Å². The van der Waals surface area contributed by atoms with Crippen LogP contribution in [0.4, 0.5) is 5.69 Å². The van der Waals surface area contributed by atoms with E-state index in [0.29, 0.717) is 17.1 Å². The van der Waals surface area contributed by atoms with Gasteiger partial charge < -0.3 is 5.73 Å². The first-order chi connectivity index (χ1) is 5.24. The zero-order valence-electron chi connectivity index (χ0n) is 5.88. The van der Waals surface area contributed by atoms with Crippen LogP contribution in [0, 0.1) is 0 Å². The van der Waals surface area contributed by atoms with E-state index in [4.69, 9.17) is 29.6 Å². The SMILES string of the molecule is Nc1ccc(CC=S)c(Cl)c1. The van der Waals surface area contributed by atoms with Crippen molar-refractivity contribution in [2.45, 2.75) is 6.42 Å². The van der Waals surface area contributed by atoms with Crippen molar-refractivity contribution in [3.63, 3.8) is 0 Å². The molecule has 0 heterocycles. The summed E-state index contributed by atoms with van der Waals surface area (Å²) < 4.78 is 0. The molecule has 11 heavy (non-hydrogen) atoms. The number of halogens is 1. The van der Waals surface area contributed by atoms with Crippen LogP contribution in [0.3, 0.4) is 0 Å². The van der Waals surface area contributed by atoms with Crippen LogP contribution in [0.2, 0.25) is 5.02 Å². The summed E-state index contributed by atoms with van der Waals surface area (Å²) in [6.45, 7) is 0. The Balaban J connectivity index is 2.98. The standard InChI is InChI=1S/C8H8ClNS/c9-8-5-7(10)2-1-6(8)3-4-11/h1-2,4-5H,3,10H2. The highest BCUT2D eigenvalue weighted by atomic mass is 35.5. The molecule has 0 bridgehead atoms. The number of hydrogen-bond donors (Lipinski definition) is 1. The van der Waals surface area contributed by atoms with Crippen molar-refractivity contribution >= 4 is 34.9 Å². The number of rotatable bonds is 2. The molecule has 0 aliphatic heterocycles. The molecule has 0 radical (unpaired) electrons. The molecule has 1 rings (SSSR count). The lowest BCUT2D eigenvalue weighted by Crippen LogP contribution is -1.89. The van der Waals surface area contributed by atoms with E-state index in [2.05, 4.69) is 0 Å². The van der Waals surface area contributed by atoms with Gasteiger partial charge in [0, 0.05) is 17.1 Å². The molecule has 1 nitrogen and oxygen atoms in total. The van der Waals surface area contributed by atoms with E-state index in [1.54, 1.807) is 11.4 Å². The van der Waals surface area contributed by atoms with Crippen LogP contribution in [0.1, 0.15) is 5.56 Å². The molecule has 0 unspecified atom stereocenters. The van der Waals surface area contributed by atoms with Crippen molar-refractivity contribution in [1.82, 2.24) is 0 Å². The molecule has 0 aliphatic rings. The predicted octanol–water partition coefficient (Wildman–Crippen LogP) is 2.46. The smallest absolute Gasteiger partial charge is 0.0461 e. The average molecular weight is 186 g/mol. The molecule has 0 aliphatic carbocycles. The molecule has 3 heteroatoms. The molecule has 0 spiro atoms. The van der Waals surface area contributed by atoms with E-state index in [1.807, 2.05) is 12.1 Å². The Morgan fingerprint density at radius 3 is 2.82 bits per heavy atom. The summed E-state index contributed by atoms with van der Waals surface area (Å²) in [6, 6.07) is 5.44. The van der Waals surface area contributed by atoms with Gasteiger partial charge in [0.15, 0.2) is 0 Å². The van der Waals surface area contributed by atoms with Crippen molar-refractivity contribution in [1.29, 1.82) is 0 Å². The van der Waals surface area contributed by atoms with Gasteiger partial charge in [-0.15, -0.1) is 0 Å².